The minimum Gasteiger partial charge on any atom is -0.396 e. The van der Waals surface area contributed by atoms with Crippen molar-refractivity contribution < 1.29 is 9.50 Å². The molecule has 1 aromatic rings. The van der Waals surface area contributed by atoms with Gasteiger partial charge >= 0.3 is 0 Å². The summed E-state index contributed by atoms with van der Waals surface area (Å²) in [5, 5.41) is 9.11. The quantitative estimate of drug-likeness (QED) is 0.837. The number of aliphatic hydroxyl groups excluding tert-OH is 1. The fourth-order valence-electron chi connectivity index (χ4n) is 3.49. The molecule has 0 aromatic heterocycles. The molecule has 4 heteroatoms. The Morgan fingerprint density at radius 3 is 2.70 bits per heavy atom. The van der Waals surface area contributed by atoms with Gasteiger partial charge in [0.2, 0.25) is 0 Å². The zero-order valence-corrected chi connectivity index (χ0v) is 14.3. The Morgan fingerprint density at radius 2 is 2.04 bits per heavy atom. The second kappa shape index (κ2) is 9.16. The zero-order valence-electron chi connectivity index (χ0n) is 14.3. The van der Waals surface area contributed by atoms with Crippen LogP contribution in [0, 0.1) is 11.7 Å². The number of aliphatic hydroxyl groups is 1. The molecule has 0 unspecified atom stereocenters. The molecule has 23 heavy (non-hydrogen) atoms. The Kier molecular flexibility index (Phi) is 7.21. The first-order chi connectivity index (χ1) is 11.1. The fourth-order valence-corrected chi connectivity index (χ4v) is 3.49. The average molecular weight is 320 g/mol. The van der Waals surface area contributed by atoms with E-state index in [0.29, 0.717) is 12.0 Å². The molecule has 1 fully saturated rings. The van der Waals surface area contributed by atoms with Crippen LogP contribution < -0.4 is 0 Å². The summed E-state index contributed by atoms with van der Waals surface area (Å²) in [6.07, 6.45) is 7.35. The first-order valence-electron chi connectivity index (χ1n) is 8.52. The average Bonchev–Trinajstić information content (AvgIpc) is 2.54. The number of hydrogen-bond donors (Lipinski definition) is 1. The second-order valence-corrected chi connectivity index (χ2v) is 6.66. The van der Waals surface area contributed by atoms with Crippen LogP contribution >= 0.6 is 0 Å². The number of rotatable bonds is 7. The predicted octanol–water partition coefficient (Wildman–Crippen LogP) is 2.86. The maximum Gasteiger partial charge on any atom is 0.123 e. The molecule has 128 valence electrons. The van der Waals surface area contributed by atoms with E-state index in [0.717, 1.165) is 38.0 Å². The number of halogens is 1. The number of piperidine rings is 1. The van der Waals surface area contributed by atoms with Crippen LogP contribution in [-0.2, 0) is 0 Å². The van der Waals surface area contributed by atoms with Gasteiger partial charge in [-0.1, -0.05) is 24.3 Å². The Bertz CT molecular complexity index is 487. The largest absolute Gasteiger partial charge is 0.396 e. The molecule has 0 saturated carbocycles. The van der Waals surface area contributed by atoms with Crippen molar-refractivity contribution in [1.29, 1.82) is 0 Å². The normalized spacial score (nSPS) is 23.0. The molecule has 1 aliphatic heterocycles. The van der Waals surface area contributed by atoms with Crippen LogP contribution in [-0.4, -0.2) is 61.3 Å². The Labute approximate surface area is 139 Å². The Balaban J connectivity index is 1.87. The molecular weight excluding hydrogens is 291 g/mol. The van der Waals surface area contributed by atoms with Crippen LogP contribution in [0.3, 0.4) is 0 Å². The lowest BCUT2D eigenvalue weighted by atomic mass is 9.87. The first kappa shape index (κ1) is 18.1. The van der Waals surface area contributed by atoms with Crippen LogP contribution in [0.15, 0.2) is 30.3 Å². The van der Waals surface area contributed by atoms with E-state index < -0.39 is 0 Å². The second-order valence-electron chi connectivity index (χ2n) is 6.66. The summed E-state index contributed by atoms with van der Waals surface area (Å²) in [5.74, 6) is 0.421. The maximum absolute atomic E-state index is 12.9. The van der Waals surface area contributed by atoms with Crippen LogP contribution in [0.4, 0.5) is 4.39 Å². The van der Waals surface area contributed by atoms with Gasteiger partial charge < -0.3 is 10.0 Å². The van der Waals surface area contributed by atoms with E-state index in [1.165, 1.54) is 18.6 Å². The highest BCUT2D eigenvalue weighted by Gasteiger charge is 2.29. The lowest BCUT2D eigenvalue weighted by Gasteiger charge is -2.41. The lowest BCUT2D eigenvalue weighted by Crippen LogP contribution is -2.48. The van der Waals surface area contributed by atoms with Gasteiger partial charge in [0, 0.05) is 25.7 Å². The third kappa shape index (κ3) is 5.72. The Morgan fingerprint density at radius 1 is 1.30 bits per heavy atom. The van der Waals surface area contributed by atoms with Crippen molar-refractivity contribution in [2.45, 2.75) is 25.3 Å². The van der Waals surface area contributed by atoms with Crippen molar-refractivity contribution >= 4 is 6.08 Å². The van der Waals surface area contributed by atoms with Gasteiger partial charge in [-0.2, -0.15) is 0 Å². The molecule has 2 rings (SSSR count). The number of likely N-dealkylation sites (tertiary alicyclic amines) is 1. The van der Waals surface area contributed by atoms with Gasteiger partial charge in [0.05, 0.1) is 0 Å². The molecule has 0 bridgehead atoms. The molecule has 2 atom stereocenters. The van der Waals surface area contributed by atoms with Crippen LogP contribution in [0.5, 0.6) is 0 Å². The highest BCUT2D eigenvalue weighted by atomic mass is 19.1. The molecular formula is C19H29FN2O. The molecule has 1 aromatic carbocycles. The number of nitrogens with zero attached hydrogens (tertiary/aromatic N) is 2. The number of hydrogen-bond acceptors (Lipinski definition) is 3. The summed E-state index contributed by atoms with van der Waals surface area (Å²) in [4.78, 5) is 4.80. The highest BCUT2D eigenvalue weighted by Crippen LogP contribution is 2.24. The monoisotopic (exact) mass is 320 g/mol. The van der Waals surface area contributed by atoms with E-state index >= 15 is 0 Å². The van der Waals surface area contributed by atoms with Crippen molar-refractivity contribution in [2.75, 3.05) is 40.3 Å². The molecule has 3 nitrogen and oxygen atoms in total. The predicted molar refractivity (Wildman–Crippen MR) is 93.8 cm³/mol. The topological polar surface area (TPSA) is 26.7 Å². The summed E-state index contributed by atoms with van der Waals surface area (Å²) in [6.45, 7) is 3.39. The number of benzene rings is 1. The summed E-state index contributed by atoms with van der Waals surface area (Å²) in [6, 6.07) is 7.20. The van der Waals surface area contributed by atoms with Gasteiger partial charge in [-0.3, -0.25) is 4.90 Å². The zero-order chi connectivity index (χ0) is 16.7. The van der Waals surface area contributed by atoms with Crippen molar-refractivity contribution in [3.63, 3.8) is 0 Å². The third-order valence-corrected chi connectivity index (χ3v) is 4.72. The standard InChI is InChI=1S/C19H29FN2O/c1-21(2)19-11-13-22(15-17(19)6-4-14-23)12-3-5-16-7-9-18(20)10-8-16/h3,5,7-10,17,19,23H,4,6,11-15H2,1-2H3/t17-,19+/m1/s1. The van der Waals surface area contributed by atoms with E-state index in [1.807, 2.05) is 0 Å². The van der Waals surface area contributed by atoms with Crippen LogP contribution in [0.25, 0.3) is 6.08 Å². The minimum absolute atomic E-state index is 0.195. The van der Waals surface area contributed by atoms with Gasteiger partial charge in [-0.25, -0.2) is 4.39 Å². The van der Waals surface area contributed by atoms with E-state index in [9.17, 15) is 4.39 Å². The lowest BCUT2D eigenvalue weighted by molar-refractivity contribution is 0.0825. The summed E-state index contributed by atoms with van der Waals surface area (Å²) in [7, 11) is 4.31. The van der Waals surface area contributed by atoms with Gasteiger partial charge in [0.1, 0.15) is 5.82 Å². The molecule has 1 heterocycles. The third-order valence-electron chi connectivity index (χ3n) is 4.72. The van der Waals surface area contributed by atoms with Gasteiger partial charge in [-0.15, -0.1) is 0 Å². The summed E-state index contributed by atoms with van der Waals surface area (Å²) in [5.41, 5.74) is 1.03. The van der Waals surface area contributed by atoms with E-state index in [4.69, 9.17) is 5.11 Å². The van der Waals surface area contributed by atoms with Crippen LogP contribution in [0.2, 0.25) is 0 Å². The molecule has 1 saturated heterocycles. The van der Waals surface area contributed by atoms with Crippen molar-refractivity contribution in [3.05, 3.63) is 41.7 Å². The molecule has 0 amide bonds. The van der Waals surface area contributed by atoms with Crippen LogP contribution in [0.1, 0.15) is 24.8 Å². The summed E-state index contributed by atoms with van der Waals surface area (Å²) >= 11 is 0. The molecule has 1 aliphatic rings. The van der Waals surface area contributed by atoms with E-state index in [-0.39, 0.29) is 12.4 Å². The van der Waals surface area contributed by atoms with Crippen molar-refractivity contribution in [2.24, 2.45) is 5.92 Å². The smallest absolute Gasteiger partial charge is 0.123 e. The highest BCUT2D eigenvalue weighted by molar-refractivity contribution is 5.48. The van der Waals surface area contributed by atoms with Crippen molar-refractivity contribution in [3.8, 4) is 0 Å². The minimum atomic E-state index is -0.195. The van der Waals surface area contributed by atoms with E-state index in [1.54, 1.807) is 12.1 Å². The molecule has 1 N–H and O–H groups in total. The van der Waals surface area contributed by atoms with Gasteiger partial charge in [-0.05, 0) is 63.5 Å². The van der Waals surface area contributed by atoms with Gasteiger partial charge in [0.25, 0.3) is 0 Å². The SMILES string of the molecule is CN(C)[C@H]1CCN(CC=Cc2ccc(F)cc2)C[C@H]1CCCO. The molecule has 0 spiro atoms. The molecule has 0 aliphatic carbocycles. The maximum atomic E-state index is 12.9. The Hall–Kier alpha value is -1.23. The molecule has 0 radical (unpaired) electrons. The first-order valence-corrected chi connectivity index (χ1v) is 8.52. The van der Waals surface area contributed by atoms with Gasteiger partial charge in [0.15, 0.2) is 0 Å². The van der Waals surface area contributed by atoms with E-state index in [2.05, 4.69) is 36.0 Å². The van der Waals surface area contributed by atoms with Crippen molar-refractivity contribution in [1.82, 2.24) is 9.80 Å². The fraction of sp³-hybridized carbons (Fsp3) is 0.579. The summed E-state index contributed by atoms with van der Waals surface area (Å²) < 4.78 is 12.9.